The number of rotatable bonds is 5. The molecule has 0 saturated carbocycles. The van der Waals surface area contributed by atoms with Crippen LogP contribution in [-0.2, 0) is 21.4 Å². The highest BCUT2D eigenvalue weighted by atomic mass is 16.2. The second-order valence-corrected chi connectivity index (χ2v) is 9.99. The van der Waals surface area contributed by atoms with Crippen molar-refractivity contribution in [3.8, 4) is 0 Å². The standard InChI is InChI=1S/C30H32N2O2/c1-7-21-9-13-23(14-10-21)31-27-26(25-17-8-19(2)18-20(25)3)28(33)32(29(27)34)24-15-11-22(12-16-24)30(4,5)6/h8-18,31H,7H2,1-6H3. The zero-order valence-corrected chi connectivity index (χ0v) is 20.8. The summed E-state index contributed by atoms with van der Waals surface area (Å²) in [5, 5.41) is 3.27. The minimum atomic E-state index is -0.344. The molecule has 0 saturated heterocycles. The van der Waals surface area contributed by atoms with Crippen LogP contribution in [0, 0.1) is 13.8 Å². The molecular weight excluding hydrogens is 420 g/mol. The Hall–Kier alpha value is -3.66. The van der Waals surface area contributed by atoms with Crippen LogP contribution < -0.4 is 10.2 Å². The van der Waals surface area contributed by atoms with E-state index in [-0.39, 0.29) is 17.2 Å². The molecule has 3 aromatic carbocycles. The molecule has 0 aliphatic carbocycles. The number of benzene rings is 3. The number of hydrogen-bond acceptors (Lipinski definition) is 3. The first-order chi connectivity index (χ1) is 16.1. The molecule has 1 aliphatic rings. The molecule has 0 unspecified atom stereocenters. The molecule has 1 aliphatic heterocycles. The van der Waals surface area contributed by atoms with Crippen molar-refractivity contribution in [3.63, 3.8) is 0 Å². The van der Waals surface area contributed by atoms with Crippen molar-refractivity contribution in [1.29, 1.82) is 0 Å². The van der Waals surface area contributed by atoms with Crippen LogP contribution >= 0.6 is 0 Å². The van der Waals surface area contributed by atoms with Crippen LogP contribution in [0.5, 0.6) is 0 Å². The fourth-order valence-electron chi connectivity index (χ4n) is 4.30. The molecule has 0 bridgehead atoms. The number of carbonyl (C=O) groups excluding carboxylic acids is 2. The summed E-state index contributed by atoms with van der Waals surface area (Å²) >= 11 is 0. The summed E-state index contributed by atoms with van der Waals surface area (Å²) in [4.78, 5) is 28.7. The first-order valence-electron chi connectivity index (χ1n) is 11.8. The van der Waals surface area contributed by atoms with E-state index < -0.39 is 0 Å². The third-order valence-corrected chi connectivity index (χ3v) is 6.36. The molecule has 4 rings (SSSR count). The molecule has 4 nitrogen and oxygen atoms in total. The number of nitrogens with zero attached hydrogens (tertiary/aromatic N) is 1. The molecule has 3 aromatic rings. The molecule has 1 heterocycles. The maximum atomic E-state index is 13.7. The van der Waals surface area contributed by atoms with Crippen molar-refractivity contribution in [1.82, 2.24) is 0 Å². The zero-order valence-electron chi connectivity index (χ0n) is 20.8. The number of nitrogens with one attached hydrogen (secondary N) is 1. The molecule has 0 fully saturated rings. The summed E-state index contributed by atoms with van der Waals surface area (Å²) in [6.45, 7) is 12.5. The van der Waals surface area contributed by atoms with Crippen LogP contribution in [0.3, 0.4) is 0 Å². The average Bonchev–Trinajstić information content (AvgIpc) is 3.03. The van der Waals surface area contributed by atoms with Gasteiger partial charge in [-0.3, -0.25) is 9.59 Å². The van der Waals surface area contributed by atoms with Crippen molar-refractivity contribution in [2.45, 2.75) is 53.4 Å². The predicted octanol–water partition coefficient (Wildman–Crippen LogP) is 6.56. The Morgan fingerprint density at radius 3 is 2.03 bits per heavy atom. The summed E-state index contributed by atoms with van der Waals surface area (Å²) in [6, 6.07) is 21.6. The van der Waals surface area contributed by atoms with Gasteiger partial charge < -0.3 is 5.32 Å². The number of anilines is 2. The number of aryl methyl sites for hydroxylation is 3. The van der Waals surface area contributed by atoms with Gasteiger partial charge in [-0.2, -0.15) is 0 Å². The number of imide groups is 1. The zero-order chi connectivity index (χ0) is 24.6. The second-order valence-electron chi connectivity index (χ2n) is 9.99. The maximum Gasteiger partial charge on any atom is 0.282 e. The minimum absolute atomic E-state index is 0.0165. The Labute approximate surface area is 202 Å². The van der Waals surface area contributed by atoms with Crippen LogP contribution in [-0.4, -0.2) is 11.8 Å². The first-order valence-corrected chi connectivity index (χ1v) is 11.8. The third-order valence-electron chi connectivity index (χ3n) is 6.36. The van der Waals surface area contributed by atoms with Gasteiger partial charge in [-0.15, -0.1) is 0 Å². The molecule has 0 atom stereocenters. The molecule has 1 N–H and O–H groups in total. The van der Waals surface area contributed by atoms with Crippen LogP contribution in [0.1, 0.15) is 55.5 Å². The molecule has 4 heteroatoms. The summed E-state index contributed by atoms with van der Waals surface area (Å²) in [5.41, 5.74) is 7.24. The van der Waals surface area contributed by atoms with Gasteiger partial charge in [-0.1, -0.05) is 75.7 Å². The molecule has 34 heavy (non-hydrogen) atoms. The quantitative estimate of drug-likeness (QED) is 0.446. The Morgan fingerprint density at radius 2 is 1.47 bits per heavy atom. The highest BCUT2D eigenvalue weighted by molar-refractivity contribution is 6.46. The predicted molar refractivity (Wildman–Crippen MR) is 140 cm³/mol. The van der Waals surface area contributed by atoms with Gasteiger partial charge in [-0.05, 0) is 72.2 Å². The lowest BCUT2D eigenvalue weighted by molar-refractivity contribution is -0.120. The number of amides is 2. The highest BCUT2D eigenvalue weighted by Crippen LogP contribution is 2.36. The van der Waals surface area contributed by atoms with Crippen molar-refractivity contribution in [2.75, 3.05) is 10.2 Å². The van der Waals surface area contributed by atoms with Crippen molar-refractivity contribution in [2.24, 2.45) is 0 Å². The van der Waals surface area contributed by atoms with Crippen LogP contribution in [0.2, 0.25) is 0 Å². The normalized spacial score (nSPS) is 14.2. The van der Waals surface area contributed by atoms with E-state index in [9.17, 15) is 9.59 Å². The van der Waals surface area contributed by atoms with Gasteiger partial charge in [0.15, 0.2) is 0 Å². The van der Waals surface area contributed by atoms with Crippen LogP contribution in [0.4, 0.5) is 11.4 Å². The fraction of sp³-hybridized carbons (Fsp3) is 0.267. The van der Waals surface area contributed by atoms with Gasteiger partial charge in [0.05, 0.1) is 11.3 Å². The molecule has 2 amide bonds. The monoisotopic (exact) mass is 452 g/mol. The third kappa shape index (κ3) is 4.41. The van der Waals surface area contributed by atoms with Crippen molar-refractivity contribution in [3.05, 3.63) is 100 Å². The van der Waals surface area contributed by atoms with E-state index in [4.69, 9.17) is 0 Å². The summed E-state index contributed by atoms with van der Waals surface area (Å²) in [5.74, 6) is -0.656. The summed E-state index contributed by atoms with van der Waals surface area (Å²) < 4.78 is 0. The van der Waals surface area contributed by atoms with Gasteiger partial charge in [0, 0.05) is 5.69 Å². The Morgan fingerprint density at radius 1 is 0.824 bits per heavy atom. The lowest BCUT2D eigenvalue weighted by Gasteiger charge is -2.21. The largest absolute Gasteiger partial charge is 0.350 e. The maximum absolute atomic E-state index is 13.7. The summed E-state index contributed by atoms with van der Waals surface area (Å²) in [6.07, 6.45) is 0.937. The lowest BCUT2D eigenvalue weighted by Crippen LogP contribution is -2.32. The van der Waals surface area contributed by atoms with E-state index in [2.05, 4.69) is 33.0 Å². The van der Waals surface area contributed by atoms with Crippen molar-refractivity contribution >= 4 is 28.8 Å². The minimum Gasteiger partial charge on any atom is -0.350 e. The smallest absolute Gasteiger partial charge is 0.282 e. The number of hydrogen-bond donors (Lipinski definition) is 1. The van der Waals surface area contributed by atoms with E-state index in [0.29, 0.717) is 17.0 Å². The van der Waals surface area contributed by atoms with Crippen LogP contribution in [0.15, 0.2) is 72.4 Å². The molecule has 174 valence electrons. The Balaban J connectivity index is 1.79. The van der Waals surface area contributed by atoms with Gasteiger partial charge in [0.2, 0.25) is 0 Å². The van der Waals surface area contributed by atoms with Gasteiger partial charge in [0.1, 0.15) is 5.70 Å². The van der Waals surface area contributed by atoms with E-state index in [0.717, 1.165) is 34.4 Å². The number of carbonyl (C=O) groups is 2. The first kappa shape index (κ1) is 23.5. The average molecular weight is 453 g/mol. The van der Waals surface area contributed by atoms with Gasteiger partial charge in [-0.25, -0.2) is 4.90 Å². The topological polar surface area (TPSA) is 49.4 Å². The Kier molecular flexibility index (Phi) is 6.18. The Bertz CT molecular complexity index is 1280. The summed E-state index contributed by atoms with van der Waals surface area (Å²) in [7, 11) is 0. The van der Waals surface area contributed by atoms with E-state index in [1.54, 1.807) is 0 Å². The van der Waals surface area contributed by atoms with E-state index >= 15 is 0 Å². The molecule has 0 spiro atoms. The molecular formula is C30H32N2O2. The van der Waals surface area contributed by atoms with Crippen molar-refractivity contribution < 1.29 is 9.59 Å². The fourth-order valence-corrected chi connectivity index (χ4v) is 4.30. The molecule has 0 radical (unpaired) electrons. The van der Waals surface area contributed by atoms with E-state index in [1.807, 2.05) is 80.6 Å². The second kappa shape index (κ2) is 8.94. The lowest BCUT2D eigenvalue weighted by atomic mass is 9.87. The molecule has 0 aromatic heterocycles. The van der Waals surface area contributed by atoms with Gasteiger partial charge in [0.25, 0.3) is 11.8 Å². The SMILES string of the molecule is CCc1ccc(NC2=C(c3ccc(C)cc3C)C(=O)N(c3ccc(C(C)(C)C)cc3)C2=O)cc1. The van der Waals surface area contributed by atoms with E-state index in [1.165, 1.54) is 10.5 Å². The highest BCUT2D eigenvalue weighted by Gasteiger charge is 2.40. The van der Waals surface area contributed by atoms with Crippen LogP contribution in [0.25, 0.3) is 5.57 Å². The van der Waals surface area contributed by atoms with Gasteiger partial charge >= 0.3 is 0 Å².